The quantitative estimate of drug-likeness (QED) is 0.848. The molecule has 1 heterocycles. The van der Waals surface area contributed by atoms with Gasteiger partial charge in [0.05, 0.1) is 5.54 Å². The maximum absolute atomic E-state index is 12.8. The molecule has 2 saturated carbocycles. The predicted molar refractivity (Wildman–Crippen MR) is 99.0 cm³/mol. The lowest BCUT2D eigenvalue weighted by Crippen LogP contribution is -2.60. The van der Waals surface area contributed by atoms with Gasteiger partial charge in [-0.1, -0.05) is 51.4 Å². The van der Waals surface area contributed by atoms with Crippen molar-refractivity contribution in [3.8, 4) is 0 Å². The zero-order valence-electron chi connectivity index (χ0n) is 15.7. The lowest BCUT2D eigenvalue weighted by atomic mass is 9.81. The third kappa shape index (κ3) is 4.75. The molecule has 3 rings (SSSR count). The summed E-state index contributed by atoms with van der Waals surface area (Å²) >= 11 is 0. The van der Waals surface area contributed by atoms with E-state index in [1.807, 2.05) is 9.80 Å². The lowest BCUT2D eigenvalue weighted by molar-refractivity contribution is -0.144. The third-order valence-electron chi connectivity index (χ3n) is 6.58. The van der Waals surface area contributed by atoms with Gasteiger partial charge in [0.25, 0.3) is 0 Å². The average molecular weight is 350 g/mol. The third-order valence-corrected chi connectivity index (χ3v) is 6.58. The Kier molecular flexibility index (Phi) is 6.37. The van der Waals surface area contributed by atoms with Crippen LogP contribution in [0.25, 0.3) is 0 Å². The van der Waals surface area contributed by atoms with Crippen molar-refractivity contribution in [2.75, 3.05) is 26.2 Å². The number of piperazine rings is 1. The molecular formula is C20H35N3O2. The minimum atomic E-state index is -0.647. The summed E-state index contributed by atoms with van der Waals surface area (Å²) in [7, 11) is 0. The summed E-state index contributed by atoms with van der Waals surface area (Å²) in [6.07, 6.45) is 13.3. The van der Waals surface area contributed by atoms with E-state index >= 15 is 0 Å². The van der Waals surface area contributed by atoms with Gasteiger partial charge in [-0.05, 0) is 25.2 Å². The standard InChI is InChI=1S/C20H35N3O2/c21-20(11-5-2-6-12-20)19(25)23-15-13-22(14-16-23)18(24)10-9-17-7-3-1-4-8-17/h17H,1-16,21H2. The van der Waals surface area contributed by atoms with Crippen molar-refractivity contribution >= 4 is 11.8 Å². The van der Waals surface area contributed by atoms with Gasteiger partial charge in [-0.25, -0.2) is 0 Å². The molecule has 0 spiro atoms. The van der Waals surface area contributed by atoms with Crippen molar-refractivity contribution in [2.24, 2.45) is 11.7 Å². The van der Waals surface area contributed by atoms with Gasteiger partial charge in [0.1, 0.15) is 0 Å². The molecule has 0 bridgehead atoms. The van der Waals surface area contributed by atoms with Crippen LogP contribution in [0.2, 0.25) is 0 Å². The van der Waals surface area contributed by atoms with E-state index in [1.54, 1.807) is 0 Å². The van der Waals surface area contributed by atoms with E-state index in [0.717, 1.165) is 38.0 Å². The molecule has 1 saturated heterocycles. The van der Waals surface area contributed by atoms with Crippen LogP contribution in [0.15, 0.2) is 0 Å². The molecule has 0 aromatic heterocycles. The van der Waals surface area contributed by atoms with E-state index in [9.17, 15) is 9.59 Å². The summed E-state index contributed by atoms with van der Waals surface area (Å²) in [5.41, 5.74) is 5.74. The van der Waals surface area contributed by atoms with E-state index < -0.39 is 5.54 Å². The minimum absolute atomic E-state index is 0.113. The van der Waals surface area contributed by atoms with Crippen molar-refractivity contribution in [1.82, 2.24) is 9.80 Å². The first-order chi connectivity index (χ1) is 12.1. The molecule has 2 amide bonds. The fraction of sp³-hybridized carbons (Fsp3) is 0.900. The molecule has 2 N–H and O–H groups in total. The second-order valence-corrected chi connectivity index (χ2v) is 8.43. The van der Waals surface area contributed by atoms with Crippen molar-refractivity contribution in [3.63, 3.8) is 0 Å². The van der Waals surface area contributed by atoms with Crippen molar-refractivity contribution in [3.05, 3.63) is 0 Å². The fourth-order valence-corrected chi connectivity index (χ4v) is 4.83. The van der Waals surface area contributed by atoms with E-state index in [2.05, 4.69) is 0 Å². The molecule has 0 radical (unpaired) electrons. The SMILES string of the molecule is NC1(C(=O)N2CCN(C(=O)CCC3CCCCC3)CC2)CCCCC1. The first-order valence-corrected chi connectivity index (χ1v) is 10.4. The van der Waals surface area contributed by atoms with Gasteiger partial charge < -0.3 is 15.5 Å². The number of rotatable bonds is 4. The van der Waals surface area contributed by atoms with E-state index in [-0.39, 0.29) is 11.8 Å². The Morgan fingerprint density at radius 1 is 0.840 bits per heavy atom. The highest BCUT2D eigenvalue weighted by Gasteiger charge is 2.39. The molecule has 0 aromatic carbocycles. The molecule has 1 aliphatic heterocycles. The Bertz CT molecular complexity index is 460. The molecule has 0 aromatic rings. The Morgan fingerprint density at radius 3 is 2.04 bits per heavy atom. The molecule has 3 aliphatic rings. The number of hydrogen-bond acceptors (Lipinski definition) is 3. The van der Waals surface area contributed by atoms with Gasteiger partial charge >= 0.3 is 0 Å². The summed E-state index contributed by atoms with van der Waals surface area (Å²) in [5, 5.41) is 0. The first kappa shape index (κ1) is 18.7. The largest absolute Gasteiger partial charge is 0.339 e. The molecular weight excluding hydrogens is 314 g/mol. The summed E-state index contributed by atoms with van der Waals surface area (Å²) in [4.78, 5) is 29.1. The Hall–Kier alpha value is -1.10. The summed E-state index contributed by atoms with van der Waals surface area (Å²) in [6, 6.07) is 0. The van der Waals surface area contributed by atoms with E-state index in [1.165, 1.54) is 38.5 Å². The maximum Gasteiger partial charge on any atom is 0.242 e. The minimum Gasteiger partial charge on any atom is -0.339 e. The van der Waals surface area contributed by atoms with Crippen LogP contribution in [-0.4, -0.2) is 53.3 Å². The Morgan fingerprint density at radius 2 is 1.40 bits per heavy atom. The second-order valence-electron chi connectivity index (χ2n) is 8.43. The van der Waals surface area contributed by atoms with Gasteiger partial charge in [-0.2, -0.15) is 0 Å². The summed E-state index contributed by atoms with van der Waals surface area (Å²) < 4.78 is 0. The first-order valence-electron chi connectivity index (χ1n) is 10.4. The molecule has 5 heteroatoms. The smallest absolute Gasteiger partial charge is 0.242 e. The normalized spacial score (nSPS) is 25.0. The molecule has 25 heavy (non-hydrogen) atoms. The van der Waals surface area contributed by atoms with Crippen LogP contribution in [0, 0.1) is 5.92 Å². The molecule has 0 unspecified atom stereocenters. The monoisotopic (exact) mass is 349 g/mol. The molecule has 142 valence electrons. The zero-order valence-corrected chi connectivity index (χ0v) is 15.7. The van der Waals surface area contributed by atoms with Gasteiger partial charge in [0.15, 0.2) is 0 Å². The Labute approximate surface area is 152 Å². The highest BCUT2D eigenvalue weighted by molar-refractivity contribution is 5.86. The number of hydrogen-bond donors (Lipinski definition) is 1. The summed E-state index contributed by atoms with van der Waals surface area (Å²) in [6.45, 7) is 2.64. The van der Waals surface area contributed by atoms with Crippen molar-refractivity contribution in [1.29, 1.82) is 0 Å². The van der Waals surface area contributed by atoms with Gasteiger partial charge in [-0.15, -0.1) is 0 Å². The van der Waals surface area contributed by atoms with Crippen LogP contribution in [0.4, 0.5) is 0 Å². The Balaban J connectivity index is 1.41. The average Bonchev–Trinajstić information content (AvgIpc) is 2.67. The molecule has 2 aliphatic carbocycles. The van der Waals surface area contributed by atoms with Gasteiger partial charge in [-0.3, -0.25) is 9.59 Å². The van der Waals surface area contributed by atoms with Crippen LogP contribution in [0.5, 0.6) is 0 Å². The second kappa shape index (κ2) is 8.52. The van der Waals surface area contributed by atoms with Crippen molar-refractivity contribution < 1.29 is 9.59 Å². The highest BCUT2D eigenvalue weighted by Crippen LogP contribution is 2.29. The molecule has 5 nitrogen and oxygen atoms in total. The number of nitrogens with two attached hydrogens (primary N) is 1. The fourth-order valence-electron chi connectivity index (χ4n) is 4.83. The number of carbonyl (C=O) groups is 2. The van der Waals surface area contributed by atoms with E-state index in [4.69, 9.17) is 5.73 Å². The topological polar surface area (TPSA) is 66.6 Å². The van der Waals surface area contributed by atoms with Gasteiger partial charge in [0, 0.05) is 32.6 Å². The molecule has 0 atom stereocenters. The van der Waals surface area contributed by atoms with Crippen LogP contribution in [0.1, 0.15) is 77.0 Å². The highest BCUT2D eigenvalue weighted by atomic mass is 16.2. The number of nitrogens with zero attached hydrogens (tertiary/aromatic N) is 2. The van der Waals surface area contributed by atoms with Crippen molar-refractivity contribution in [2.45, 2.75) is 82.6 Å². The molecule has 3 fully saturated rings. The van der Waals surface area contributed by atoms with Gasteiger partial charge in [0.2, 0.25) is 11.8 Å². The summed E-state index contributed by atoms with van der Waals surface area (Å²) in [5.74, 6) is 1.14. The van der Waals surface area contributed by atoms with Crippen LogP contribution >= 0.6 is 0 Å². The van der Waals surface area contributed by atoms with E-state index in [0.29, 0.717) is 32.6 Å². The maximum atomic E-state index is 12.8. The lowest BCUT2D eigenvalue weighted by Gasteiger charge is -2.41. The number of amides is 2. The van der Waals surface area contributed by atoms with Crippen LogP contribution in [-0.2, 0) is 9.59 Å². The number of carbonyl (C=O) groups excluding carboxylic acids is 2. The zero-order chi connectivity index (χ0) is 17.7. The van der Waals surface area contributed by atoms with Crippen LogP contribution in [0.3, 0.4) is 0 Å². The predicted octanol–water partition coefficient (Wildman–Crippen LogP) is 2.68. The van der Waals surface area contributed by atoms with Crippen LogP contribution < -0.4 is 5.73 Å².